The molecule has 0 bridgehead atoms. The molecule has 1 aliphatic rings. The Hall–Kier alpha value is -0.275. The van der Waals surface area contributed by atoms with E-state index in [2.05, 4.69) is 40.7 Å². The van der Waals surface area contributed by atoms with Gasteiger partial charge in [-0.3, -0.25) is 0 Å². The van der Waals surface area contributed by atoms with Gasteiger partial charge in [-0.2, -0.15) is 0 Å². The summed E-state index contributed by atoms with van der Waals surface area (Å²) in [6.07, 6.45) is 4.29. The van der Waals surface area contributed by atoms with E-state index < -0.39 is 0 Å². The Morgan fingerprint density at radius 1 is 1.50 bits per heavy atom. The van der Waals surface area contributed by atoms with Crippen molar-refractivity contribution >= 4 is 7.12 Å². The van der Waals surface area contributed by atoms with E-state index in [9.17, 15) is 0 Å². The van der Waals surface area contributed by atoms with E-state index in [0.29, 0.717) is 6.10 Å². The highest BCUT2D eigenvalue weighted by molar-refractivity contribution is 6.45. The molecule has 1 aliphatic heterocycles. The minimum atomic E-state index is -0.0661. The maximum Gasteiger partial charge on any atom is 0.461 e. The quantitative estimate of drug-likeness (QED) is 0.499. The van der Waals surface area contributed by atoms with Crippen molar-refractivity contribution in [2.45, 2.75) is 59.1 Å². The van der Waals surface area contributed by atoms with Crippen molar-refractivity contribution in [2.24, 2.45) is 0 Å². The normalized spacial score (nSPS) is 26.1. The molecule has 0 unspecified atom stereocenters. The van der Waals surface area contributed by atoms with Crippen LogP contribution in [-0.4, -0.2) is 18.8 Å². The Morgan fingerprint density at radius 2 is 2.14 bits per heavy atom. The zero-order valence-corrected chi connectivity index (χ0v) is 9.96. The maximum absolute atomic E-state index is 5.83. The van der Waals surface area contributed by atoms with Crippen molar-refractivity contribution in [1.29, 1.82) is 0 Å². The van der Waals surface area contributed by atoms with Crippen LogP contribution in [0.15, 0.2) is 11.6 Å². The molecular formula is C11H21BO2. The summed E-state index contributed by atoms with van der Waals surface area (Å²) >= 11 is 0. The van der Waals surface area contributed by atoms with E-state index >= 15 is 0 Å². The van der Waals surface area contributed by atoms with Crippen molar-refractivity contribution in [3.63, 3.8) is 0 Å². The summed E-state index contributed by atoms with van der Waals surface area (Å²) in [5.41, 5.74) is 1.27. The number of allylic oxidation sites excluding steroid dienone is 2. The number of hydrogen-bond donors (Lipinski definition) is 0. The summed E-state index contributed by atoms with van der Waals surface area (Å²) in [7, 11) is -0.0661. The van der Waals surface area contributed by atoms with Crippen LogP contribution in [-0.2, 0) is 9.31 Å². The van der Waals surface area contributed by atoms with Gasteiger partial charge in [0.05, 0.1) is 5.60 Å². The SMILES string of the molecule is CC(C)=CCB1O[C@H](C)CC(C)(C)O1. The lowest BCUT2D eigenvalue weighted by atomic mass is 9.79. The van der Waals surface area contributed by atoms with Gasteiger partial charge in [-0.05, 0) is 41.0 Å². The van der Waals surface area contributed by atoms with E-state index in [1.807, 2.05) is 0 Å². The first-order valence-corrected chi connectivity index (χ1v) is 5.36. The first-order chi connectivity index (χ1) is 6.39. The molecule has 1 heterocycles. The predicted molar refractivity (Wildman–Crippen MR) is 60.3 cm³/mol. The summed E-state index contributed by atoms with van der Waals surface area (Å²) in [6.45, 7) is 10.6. The molecule has 3 heteroatoms. The van der Waals surface area contributed by atoms with Crippen LogP contribution in [0.1, 0.15) is 41.0 Å². The molecule has 0 aliphatic carbocycles. The van der Waals surface area contributed by atoms with Crippen molar-refractivity contribution in [1.82, 2.24) is 0 Å². The van der Waals surface area contributed by atoms with E-state index in [4.69, 9.17) is 9.31 Å². The molecule has 0 N–H and O–H groups in total. The Labute approximate surface area is 87.8 Å². The molecule has 0 saturated carbocycles. The van der Waals surface area contributed by atoms with Gasteiger partial charge in [0.1, 0.15) is 0 Å². The van der Waals surface area contributed by atoms with Crippen LogP contribution in [0.3, 0.4) is 0 Å². The molecule has 0 aromatic carbocycles. The summed E-state index contributed by atoms with van der Waals surface area (Å²) in [4.78, 5) is 0. The molecule has 1 rings (SSSR count). The van der Waals surface area contributed by atoms with Crippen LogP contribution >= 0.6 is 0 Å². The Kier molecular flexibility index (Phi) is 3.79. The zero-order valence-electron chi connectivity index (χ0n) is 9.96. The van der Waals surface area contributed by atoms with Crippen LogP contribution in [0, 0.1) is 0 Å². The third-order valence-corrected chi connectivity index (χ3v) is 2.33. The highest BCUT2D eigenvalue weighted by atomic mass is 16.6. The Balaban J connectivity index is 2.50. The molecule has 0 aromatic heterocycles. The van der Waals surface area contributed by atoms with Gasteiger partial charge in [-0.15, -0.1) is 0 Å². The summed E-state index contributed by atoms with van der Waals surface area (Å²) < 4.78 is 11.5. The molecule has 0 amide bonds. The molecule has 1 fully saturated rings. The molecule has 0 radical (unpaired) electrons. The van der Waals surface area contributed by atoms with Crippen LogP contribution in [0.5, 0.6) is 0 Å². The topological polar surface area (TPSA) is 18.5 Å². The predicted octanol–water partition coefficient (Wildman–Crippen LogP) is 3.04. The van der Waals surface area contributed by atoms with Gasteiger partial charge in [-0.25, -0.2) is 0 Å². The molecular weight excluding hydrogens is 175 g/mol. The second kappa shape index (κ2) is 4.50. The number of hydrogen-bond acceptors (Lipinski definition) is 2. The summed E-state index contributed by atoms with van der Waals surface area (Å²) in [5.74, 6) is 0. The Bertz CT molecular complexity index is 219. The highest BCUT2D eigenvalue weighted by Gasteiger charge is 2.35. The molecule has 0 aromatic rings. The van der Waals surface area contributed by atoms with Gasteiger partial charge < -0.3 is 9.31 Å². The fourth-order valence-electron chi connectivity index (χ4n) is 1.87. The zero-order chi connectivity index (χ0) is 10.8. The standard InChI is InChI=1S/C11H21BO2/c1-9(2)6-7-12-13-10(3)8-11(4,5)14-12/h6,10H,7-8H2,1-5H3/t10-/m1/s1. The number of rotatable bonds is 2. The Morgan fingerprint density at radius 3 is 2.64 bits per heavy atom. The first-order valence-electron chi connectivity index (χ1n) is 5.36. The second-order valence-electron chi connectivity index (χ2n) is 4.98. The van der Waals surface area contributed by atoms with Crippen molar-refractivity contribution in [2.75, 3.05) is 0 Å². The van der Waals surface area contributed by atoms with Crippen LogP contribution < -0.4 is 0 Å². The minimum absolute atomic E-state index is 0.0438. The third-order valence-electron chi connectivity index (χ3n) is 2.33. The van der Waals surface area contributed by atoms with Gasteiger partial charge in [-0.1, -0.05) is 11.6 Å². The monoisotopic (exact) mass is 196 g/mol. The first kappa shape index (κ1) is 11.8. The van der Waals surface area contributed by atoms with Gasteiger partial charge in [0.25, 0.3) is 0 Å². The lowest BCUT2D eigenvalue weighted by Crippen LogP contribution is -2.45. The molecule has 2 nitrogen and oxygen atoms in total. The molecule has 1 atom stereocenters. The maximum atomic E-state index is 5.83. The minimum Gasteiger partial charge on any atom is -0.408 e. The fourth-order valence-corrected chi connectivity index (χ4v) is 1.87. The summed E-state index contributed by atoms with van der Waals surface area (Å²) in [6, 6.07) is 0. The van der Waals surface area contributed by atoms with E-state index in [1.165, 1.54) is 5.57 Å². The molecule has 1 saturated heterocycles. The smallest absolute Gasteiger partial charge is 0.408 e. The van der Waals surface area contributed by atoms with Gasteiger partial charge in [0.2, 0.25) is 0 Å². The van der Waals surface area contributed by atoms with Gasteiger partial charge in [0.15, 0.2) is 0 Å². The molecule has 14 heavy (non-hydrogen) atoms. The van der Waals surface area contributed by atoms with Crippen molar-refractivity contribution in [3.05, 3.63) is 11.6 Å². The van der Waals surface area contributed by atoms with Crippen molar-refractivity contribution < 1.29 is 9.31 Å². The molecule has 80 valence electrons. The average molecular weight is 196 g/mol. The lowest BCUT2D eigenvalue weighted by molar-refractivity contribution is -0.0276. The highest BCUT2D eigenvalue weighted by Crippen LogP contribution is 2.27. The van der Waals surface area contributed by atoms with Crippen LogP contribution in [0.4, 0.5) is 0 Å². The van der Waals surface area contributed by atoms with Crippen LogP contribution in [0.2, 0.25) is 6.32 Å². The second-order valence-corrected chi connectivity index (χ2v) is 4.98. The summed E-state index contributed by atoms with van der Waals surface area (Å²) in [5, 5.41) is 0. The van der Waals surface area contributed by atoms with E-state index in [-0.39, 0.29) is 12.7 Å². The van der Waals surface area contributed by atoms with Crippen molar-refractivity contribution in [3.8, 4) is 0 Å². The third kappa shape index (κ3) is 3.85. The fraction of sp³-hybridized carbons (Fsp3) is 0.818. The average Bonchev–Trinajstić information content (AvgIpc) is 1.96. The van der Waals surface area contributed by atoms with Gasteiger partial charge in [0, 0.05) is 12.4 Å². The lowest BCUT2D eigenvalue weighted by Gasteiger charge is -2.38. The van der Waals surface area contributed by atoms with E-state index in [1.54, 1.807) is 0 Å². The van der Waals surface area contributed by atoms with E-state index in [0.717, 1.165) is 12.7 Å². The largest absolute Gasteiger partial charge is 0.461 e. The van der Waals surface area contributed by atoms with Crippen LogP contribution in [0.25, 0.3) is 0 Å². The molecule has 0 spiro atoms. The van der Waals surface area contributed by atoms with Gasteiger partial charge >= 0.3 is 7.12 Å².